The molecule has 0 bridgehead atoms. The molecule has 0 aromatic heterocycles. The van der Waals surface area contributed by atoms with Crippen molar-refractivity contribution in [2.75, 3.05) is 0 Å². The molecule has 0 aliphatic carbocycles. The highest BCUT2D eigenvalue weighted by molar-refractivity contribution is 6.70. The number of hydrogen-bond donors (Lipinski definition) is 2. The monoisotopic (exact) mass is 302 g/mol. The zero-order valence-electron chi connectivity index (χ0n) is 13.9. The summed E-state index contributed by atoms with van der Waals surface area (Å²) in [6, 6.07) is 0.0485. The maximum absolute atomic E-state index is 10.4. The largest absolute Gasteiger partial charge is 0.316 e. The molecule has 6 heteroatoms. The number of nitrogens with zero attached hydrogens (tertiary/aromatic N) is 2. The van der Waals surface area contributed by atoms with E-state index < -0.39 is 0 Å². The summed E-state index contributed by atoms with van der Waals surface area (Å²) in [7, 11) is 0. The average molecular weight is 302 g/mol. The van der Waals surface area contributed by atoms with Gasteiger partial charge in [0.1, 0.15) is 12.1 Å². The molecule has 1 saturated heterocycles. The molecule has 1 aliphatic heterocycles. The van der Waals surface area contributed by atoms with Crippen LogP contribution in [0.4, 0.5) is 0 Å². The van der Waals surface area contributed by atoms with E-state index in [4.69, 9.17) is 10.8 Å². The van der Waals surface area contributed by atoms with Gasteiger partial charge in [-0.25, -0.2) is 5.26 Å². The highest BCUT2D eigenvalue weighted by Gasteiger charge is 2.39. The maximum Gasteiger partial charge on any atom is 0.273 e. The van der Waals surface area contributed by atoms with Crippen LogP contribution in [0.3, 0.4) is 0 Å². The lowest BCUT2D eigenvalue weighted by molar-refractivity contribution is -0.107. The number of nitriles is 1. The number of hydrogen-bond acceptors (Lipinski definition) is 4. The lowest BCUT2D eigenvalue weighted by atomic mass is 9.38. The Morgan fingerprint density at radius 3 is 2.73 bits per heavy atom. The molecule has 2 N–H and O–H groups in total. The molecule has 0 amide bonds. The highest BCUT2D eigenvalue weighted by atomic mass is 16.1. The molecule has 3 unspecified atom stereocenters. The Bertz CT molecular complexity index is 460. The highest BCUT2D eigenvalue weighted by Crippen LogP contribution is 2.41. The van der Waals surface area contributed by atoms with E-state index >= 15 is 0 Å². The number of amidine groups is 2. The molecular weight excluding hydrogens is 275 g/mol. The number of aldehydes is 1. The minimum atomic E-state index is 0.0485. The topological polar surface area (TPSA) is 91.8 Å². The van der Waals surface area contributed by atoms with E-state index in [9.17, 15) is 10.1 Å². The number of carbonyl (C=O) groups is 1. The van der Waals surface area contributed by atoms with E-state index in [1.54, 1.807) is 11.8 Å². The SMILES string of the molecule is CC(=N)N(C(=N)CCCC=O)C(C)CC1CCC(C)B1C#N. The van der Waals surface area contributed by atoms with Crippen LogP contribution in [0, 0.1) is 22.0 Å². The molecule has 0 radical (unpaired) electrons. The predicted molar refractivity (Wildman–Crippen MR) is 90.7 cm³/mol. The molecule has 1 aliphatic rings. The Balaban J connectivity index is 2.67. The molecule has 3 atom stereocenters. The van der Waals surface area contributed by atoms with Crippen LogP contribution in [0.15, 0.2) is 0 Å². The third-order valence-electron chi connectivity index (χ3n) is 4.74. The van der Waals surface area contributed by atoms with Gasteiger partial charge in [-0.15, -0.1) is 0 Å². The standard InChI is InChI=1S/C16H27BN4O/c1-12-7-8-15(17(12)11-18)10-13(2)21(14(3)19)16(20)6-4-5-9-22/h9,12-13,15,19-20H,4-8,10H2,1-3H3. The lowest BCUT2D eigenvalue weighted by Crippen LogP contribution is -2.42. The summed E-state index contributed by atoms with van der Waals surface area (Å²) < 4.78 is 0. The number of rotatable bonds is 7. The molecular formula is C16H27BN4O. The fraction of sp³-hybridized carbons (Fsp3) is 0.750. The van der Waals surface area contributed by atoms with E-state index in [0.717, 1.165) is 25.5 Å². The fourth-order valence-corrected chi connectivity index (χ4v) is 3.61. The Hall–Kier alpha value is -1.64. The first-order valence-corrected chi connectivity index (χ1v) is 8.17. The minimum Gasteiger partial charge on any atom is -0.316 e. The van der Waals surface area contributed by atoms with Crippen LogP contribution in [-0.2, 0) is 4.79 Å². The second-order valence-corrected chi connectivity index (χ2v) is 6.52. The molecule has 0 aromatic rings. The van der Waals surface area contributed by atoms with E-state index in [1.807, 2.05) is 6.92 Å². The van der Waals surface area contributed by atoms with Gasteiger partial charge < -0.3 is 9.69 Å². The Kier molecular flexibility index (Phi) is 7.30. The minimum absolute atomic E-state index is 0.0485. The van der Waals surface area contributed by atoms with Crippen molar-refractivity contribution >= 4 is 24.7 Å². The molecule has 1 heterocycles. The van der Waals surface area contributed by atoms with E-state index in [1.165, 1.54) is 0 Å². The van der Waals surface area contributed by atoms with E-state index in [0.29, 0.717) is 42.6 Å². The van der Waals surface area contributed by atoms with Gasteiger partial charge in [0.05, 0.1) is 5.84 Å². The quantitative estimate of drug-likeness (QED) is 0.248. The second kappa shape index (κ2) is 8.72. The predicted octanol–water partition coefficient (Wildman–Crippen LogP) is 3.52. The van der Waals surface area contributed by atoms with Gasteiger partial charge in [-0.1, -0.05) is 25.6 Å². The summed E-state index contributed by atoms with van der Waals surface area (Å²) in [5, 5.41) is 25.5. The van der Waals surface area contributed by atoms with Gasteiger partial charge in [0.25, 0.3) is 6.71 Å². The van der Waals surface area contributed by atoms with Crippen LogP contribution in [0.5, 0.6) is 0 Å². The first-order chi connectivity index (χ1) is 10.4. The number of unbranched alkanes of at least 4 members (excludes halogenated alkanes) is 1. The Labute approximate surface area is 134 Å². The van der Waals surface area contributed by atoms with Crippen molar-refractivity contribution in [3.63, 3.8) is 0 Å². The zero-order chi connectivity index (χ0) is 16.7. The first kappa shape index (κ1) is 18.4. The molecule has 5 nitrogen and oxygen atoms in total. The summed E-state index contributed by atoms with van der Waals surface area (Å²) in [6.45, 7) is 5.97. The summed E-state index contributed by atoms with van der Waals surface area (Å²) >= 11 is 0. The van der Waals surface area contributed by atoms with Crippen molar-refractivity contribution in [1.29, 1.82) is 16.1 Å². The van der Waals surface area contributed by atoms with Crippen molar-refractivity contribution in [2.24, 2.45) is 0 Å². The molecule has 1 fully saturated rings. The molecule has 0 saturated carbocycles. The Morgan fingerprint density at radius 1 is 1.50 bits per heavy atom. The second-order valence-electron chi connectivity index (χ2n) is 6.52. The summed E-state index contributed by atoms with van der Waals surface area (Å²) in [5.41, 5.74) is 0. The average Bonchev–Trinajstić information content (AvgIpc) is 2.78. The van der Waals surface area contributed by atoms with Crippen LogP contribution in [0.2, 0.25) is 11.6 Å². The molecule has 120 valence electrons. The molecule has 0 spiro atoms. The van der Waals surface area contributed by atoms with Gasteiger partial charge in [-0.3, -0.25) is 10.8 Å². The fourth-order valence-electron chi connectivity index (χ4n) is 3.61. The van der Waals surface area contributed by atoms with E-state index in [2.05, 4.69) is 12.9 Å². The van der Waals surface area contributed by atoms with Gasteiger partial charge >= 0.3 is 0 Å². The van der Waals surface area contributed by atoms with Crippen LogP contribution >= 0.6 is 0 Å². The zero-order valence-corrected chi connectivity index (χ0v) is 13.9. The van der Waals surface area contributed by atoms with Gasteiger partial charge in [-0.2, -0.15) is 0 Å². The summed E-state index contributed by atoms with van der Waals surface area (Å²) in [4.78, 5) is 12.1. The first-order valence-electron chi connectivity index (χ1n) is 8.17. The van der Waals surface area contributed by atoms with Crippen LogP contribution < -0.4 is 0 Å². The van der Waals surface area contributed by atoms with Crippen LogP contribution in [-0.4, -0.2) is 35.6 Å². The third-order valence-corrected chi connectivity index (χ3v) is 4.74. The van der Waals surface area contributed by atoms with Gasteiger partial charge in [0.2, 0.25) is 0 Å². The van der Waals surface area contributed by atoms with Crippen molar-refractivity contribution in [1.82, 2.24) is 4.90 Å². The molecule has 1 rings (SSSR count). The number of carbonyl (C=O) groups excluding carboxylic acids is 1. The summed E-state index contributed by atoms with van der Waals surface area (Å²) in [5.74, 6) is 4.02. The summed E-state index contributed by atoms with van der Waals surface area (Å²) in [6.07, 6.45) is 5.49. The normalized spacial score (nSPS) is 22.0. The lowest BCUT2D eigenvalue weighted by Gasteiger charge is -2.32. The Morgan fingerprint density at radius 2 is 2.18 bits per heavy atom. The molecule has 0 aromatic carbocycles. The third kappa shape index (κ3) is 4.69. The van der Waals surface area contributed by atoms with Gasteiger partial charge in [-0.05, 0) is 32.5 Å². The smallest absolute Gasteiger partial charge is 0.273 e. The van der Waals surface area contributed by atoms with E-state index in [-0.39, 0.29) is 12.8 Å². The van der Waals surface area contributed by atoms with Crippen molar-refractivity contribution in [3.05, 3.63) is 0 Å². The van der Waals surface area contributed by atoms with Gasteiger partial charge in [0, 0.05) is 24.9 Å². The van der Waals surface area contributed by atoms with Crippen molar-refractivity contribution in [3.8, 4) is 5.97 Å². The van der Waals surface area contributed by atoms with Gasteiger partial charge in [0.15, 0.2) is 0 Å². The maximum atomic E-state index is 10.4. The molecule has 22 heavy (non-hydrogen) atoms. The van der Waals surface area contributed by atoms with Crippen molar-refractivity contribution < 1.29 is 4.79 Å². The van der Waals surface area contributed by atoms with Crippen LogP contribution in [0.1, 0.15) is 59.3 Å². The number of nitrogens with one attached hydrogen (secondary N) is 2. The van der Waals surface area contributed by atoms with Crippen molar-refractivity contribution in [2.45, 2.75) is 77.0 Å². The van der Waals surface area contributed by atoms with Crippen LogP contribution in [0.25, 0.3) is 0 Å².